The molecule has 0 aromatic carbocycles. The second-order valence-electron chi connectivity index (χ2n) is 3.87. The van der Waals surface area contributed by atoms with Crippen molar-refractivity contribution in [1.29, 1.82) is 0 Å². The summed E-state index contributed by atoms with van der Waals surface area (Å²) in [5, 5.41) is 0. The highest BCUT2D eigenvalue weighted by atomic mass is 19.1. The summed E-state index contributed by atoms with van der Waals surface area (Å²) in [6, 6.07) is 0. The summed E-state index contributed by atoms with van der Waals surface area (Å²) in [4.78, 5) is 9.87. The molecule has 1 aliphatic heterocycles. The van der Waals surface area contributed by atoms with Gasteiger partial charge in [-0.2, -0.15) is 9.37 Å². The topological polar surface area (TPSA) is 47.5 Å². The molecule has 1 saturated heterocycles. The Hall–Kier alpha value is -1.27. The molecule has 0 N–H and O–H groups in total. The Morgan fingerprint density at radius 2 is 2.24 bits per heavy atom. The summed E-state index contributed by atoms with van der Waals surface area (Å²) in [7, 11) is 0. The molecule has 1 aromatic heterocycles. The maximum absolute atomic E-state index is 13.3. The van der Waals surface area contributed by atoms with Gasteiger partial charge in [0.25, 0.3) is 5.88 Å². The van der Waals surface area contributed by atoms with E-state index in [4.69, 9.17) is 9.47 Å². The molecule has 0 amide bonds. The first-order valence-corrected chi connectivity index (χ1v) is 5.68. The highest BCUT2D eigenvalue weighted by molar-refractivity contribution is 5.11. The van der Waals surface area contributed by atoms with Crippen LogP contribution in [0.4, 0.5) is 4.39 Å². The molecule has 5 nitrogen and oxygen atoms in total. The lowest BCUT2D eigenvalue weighted by molar-refractivity contribution is 0.0317. The van der Waals surface area contributed by atoms with E-state index in [9.17, 15) is 4.39 Å². The van der Waals surface area contributed by atoms with Crippen LogP contribution in [0.25, 0.3) is 0 Å². The number of morpholine rings is 1. The van der Waals surface area contributed by atoms with Crippen LogP contribution in [0.1, 0.15) is 5.82 Å². The Balaban J connectivity index is 1.79. The molecule has 0 aliphatic carbocycles. The minimum absolute atomic E-state index is 0.0331. The van der Waals surface area contributed by atoms with Gasteiger partial charge in [0.15, 0.2) is 0 Å². The van der Waals surface area contributed by atoms with Crippen molar-refractivity contribution in [2.24, 2.45) is 0 Å². The number of ether oxygens (including phenoxy) is 2. The molecule has 94 valence electrons. The zero-order chi connectivity index (χ0) is 12.1. The largest absolute Gasteiger partial charge is 0.474 e. The van der Waals surface area contributed by atoms with Crippen LogP contribution in [0.3, 0.4) is 0 Å². The molecule has 0 saturated carbocycles. The van der Waals surface area contributed by atoms with Crippen LogP contribution in [0.2, 0.25) is 0 Å². The van der Waals surface area contributed by atoms with Crippen molar-refractivity contribution in [2.45, 2.75) is 6.92 Å². The fraction of sp³-hybridized carbons (Fsp3) is 0.636. The Bertz CT molecular complexity index is 370. The van der Waals surface area contributed by atoms with Crippen LogP contribution in [0.5, 0.6) is 5.88 Å². The van der Waals surface area contributed by atoms with Crippen molar-refractivity contribution in [3.63, 3.8) is 0 Å². The number of aromatic nitrogens is 2. The standard InChI is InChI=1S/C11H16FN3O2/c1-9-13-8-10(12)11(14-9)17-7-4-15-2-5-16-6-3-15/h8H,2-7H2,1H3. The molecule has 0 spiro atoms. The molecule has 6 heteroatoms. The molecule has 17 heavy (non-hydrogen) atoms. The van der Waals surface area contributed by atoms with E-state index in [1.54, 1.807) is 6.92 Å². The van der Waals surface area contributed by atoms with Crippen molar-refractivity contribution in [3.8, 4) is 5.88 Å². The van der Waals surface area contributed by atoms with Crippen molar-refractivity contribution < 1.29 is 13.9 Å². The molecule has 0 bridgehead atoms. The van der Waals surface area contributed by atoms with E-state index in [2.05, 4.69) is 14.9 Å². The Morgan fingerprint density at radius 1 is 1.47 bits per heavy atom. The Kier molecular flexibility index (Phi) is 4.22. The van der Waals surface area contributed by atoms with Crippen molar-refractivity contribution in [1.82, 2.24) is 14.9 Å². The van der Waals surface area contributed by atoms with E-state index < -0.39 is 5.82 Å². The first kappa shape index (κ1) is 12.2. The van der Waals surface area contributed by atoms with Gasteiger partial charge in [0.05, 0.1) is 19.4 Å². The summed E-state index contributed by atoms with van der Waals surface area (Å²) in [5.74, 6) is 0.0242. The van der Waals surface area contributed by atoms with E-state index in [1.165, 1.54) is 0 Å². The molecule has 0 unspecified atom stereocenters. The van der Waals surface area contributed by atoms with Gasteiger partial charge in [-0.05, 0) is 6.92 Å². The molecule has 2 heterocycles. The highest BCUT2D eigenvalue weighted by Gasteiger charge is 2.11. The molecule has 2 rings (SSSR count). The second-order valence-corrected chi connectivity index (χ2v) is 3.87. The van der Waals surface area contributed by atoms with E-state index in [0.717, 1.165) is 39.0 Å². The van der Waals surface area contributed by atoms with Gasteiger partial charge in [-0.1, -0.05) is 0 Å². The van der Waals surface area contributed by atoms with Crippen molar-refractivity contribution in [2.75, 3.05) is 39.5 Å². The molecule has 1 fully saturated rings. The molecule has 0 atom stereocenters. The predicted octanol–water partition coefficient (Wildman–Crippen LogP) is 0.635. The normalized spacial score (nSPS) is 17.1. The van der Waals surface area contributed by atoms with Gasteiger partial charge in [0.2, 0.25) is 5.82 Å². The maximum atomic E-state index is 13.3. The minimum atomic E-state index is -0.516. The van der Waals surface area contributed by atoms with Crippen LogP contribution < -0.4 is 4.74 Å². The molecule has 1 aliphatic rings. The lowest BCUT2D eigenvalue weighted by atomic mass is 10.4. The zero-order valence-corrected chi connectivity index (χ0v) is 9.86. The van der Waals surface area contributed by atoms with Crippen LogP contribution in [-0.4, -0.2) is 54.3 Å². The molecular weight excluding hydrogens is 225 g/mol. The number of halogens is 1. The number of hydrogen-bond acceptors (Lipinski definition) is 5. The van der Waals surface area contributed by atoms with Crippen LogP contribution in [-0.2, 0) is 4.74 Å². The third-order valence-corrected chi connectivity index (χ3v) is 2.58. The van der Waals surface area contributed by atoms with Gasteiger partial charge in [-0.15, -0.1) is 0 Å². The second kappa shape index (κ2) is 5.88. The monoisotopic (exact) mass is 241 g/mol. The third kappa shape index (κ3) is 3.61. The highest BCUT2D eigenvalue weighted by Crippen LogP contribution is 2.11. The number of nitrogens with zero attached hydrogens (tertiary/aromatic N) is 3. The van der Waals surface area contributed by atoms with E-state index in [0.29, 0.717) is 12.4 Å². The van der Waals surface area contributed by atoms with Gasteiger partial charge in [0.1, 0.15) is 12.4 Å². The Morgan fingerprint density at radius 3 is 3.00 bits per heavy atom. The summed E-state index contributed by atoms with van der Waals surface area (Å²) >= 11 is 0. The first-order valence-electron chi connectivity index (χ1n) is 5.68. The number of hydrogen-bond donors (Lipinski definition) is 0. The predicted molar refractivity (Wildman–Crippen MR) is 59.5 cm³/mol. The van der Waals surface area contributed by atoms with E-state index in [-0.39, 0.29) is 5.88 Å². The Labute approximate surface area is 99.6 Å². The fourth-order valence-electron chi connectivity index (χ4n) is 1.63. The van der Waals surface area contributed by atoms with Gasteiger partial charge in [-0.25, -0.2) is 4.98 Å². The third-order valence-electron chi connectivity index (χ3n) is 2.58. The van der Waals surface area contributed by atoms with Crippen molar-refractivity contribution >= 4 is 0 Å². The van der Waals surface area contributed by atoms with Gasteiger partial charge >= 0.3 is 0 Å². The van der Waals surface area contributed by atoms with E-state index in [1.807, 2.05) is 0 Å². The molecule has 1 aromatic rings. The number of rotatable bonds is 4. The van der Waals surface area contributed by atoms with Gasteiger partial charge in [0, 0.05) is 19.6 Å². The maximum Gasteiger partial charge on any atom is 0.253 e. The summed E-state index contributed by atoms with van der Waals surface area (Å²) in [6.07, 6.45) is 1.13. The van der Waals surface area contributed by atoms with Crippen LogP contribution in [0.15, 0.2) is 6.20 Å². The SMILES string of the molecule is Cc1ncc(F)c(OCCN2CCOCC2)n1. The van der Waals surface area contributed by atoms with Crippen LogP contribution >= 0.6 is 0 Å². The lowest BCUT2D eigenvalue weighted by Gasteiger charge is -2.26. The average molecular weight is 241 g/mol. The molecule has 0 radical (unpaired) electrons. The molecular formula is C11H16FN3O2. The zero-order valence-electron chi connectivity index (χ0n) is 9.86. The average Bonchev–Trinajstić information content (AvgIpc) is 2.35. The summed E-state index contributed by atoms with van der Waals surface area (Å²) in [6.45, 7) is 6.18. The first-order chi connectivity index (χ1) is 8.25. The minimum Gasteiger partial charge on any atom is -0.474 e. The van der Waals surface area contributed by atoms with Crippen LogP contribution in [0, 0.1) is 12.7 Å². The summed E-state index contributed by atoms with van der Waals surface area (Å²) in [5.41, 5.74) is 0. The van der Waals surface area contributed by atoms with Gasteiger partial charge in [-0.3, -0.25) is 4.90 Å². The number of aryl methyl sites for hydroxylation is 1. The van der Waals surface area contributed by atoms with Gasteiger partial charge < -0.3 is 9.47 Å². The van der Waals surface area contributed by atoms with Crippen molar-refractivity contribution in [3.05, 3.63) is 17.8 Å². The lowest BCUT2D eigenvalue weighted by Crippen LogP contribution is -2.38. The van der Waals surface area contributed by atoms with E-state index >= 15 is 0 Å². The smallest absolute Gasteiger partial charge is 0.253 e. The fourth-order valence-corrected chi connectivity index (χ4v) is 1.63. The summed E-state index contributed by atoms with van der Waals surface area (Å²) < 4.78 is 23.8. The quantitative estimate of drug-likeness (QED) is 0.774.